The van der Waals surface area contributed by atoms with Crippen molar-refractivity contribution in [1.29, 1.82) is 0 Å². The number of aliphatic imine (C=N–C) groups is 1. The fourth-order valence-electron chi connectivity index (χ4n) is 5.59. The lowest BCUT2D eigenvalue weighted by molar-refractivity contribution is -0.129. The Morgan fingerprint density at radius 3 is 2.57 bits per heavy atom. The van der Waals surface area contributed by atoms with Crippen molar-refractivity contribution in [2.45, 2.75) is 37.6 Å². The van der Waals surface area contributed by atoms with Crippen LogP contribution in [0.25, 0.3) is 10.4 Å². The zero-order chi connectivity index (χ0) is 32.6. The number of benzene rings is 4. The van der Waals surface area contributed by atoms with Crippen molar-refractivity contribution in [1.82, 2.24) is 5.32 Å². The number of azide groups is 1. The summed E-state index contributed by atoms with van der Waals surface area (Å²) in [5, 5.41) is 16.0. The molecule has 2 atom stereocenters. The van der Waals surface area contributed by atoms with Crippen LogP contribution in [0.4, 0.5) is 0 Å². The number of halogens is 1. The smallest absolute Gasteiger partial charge is 0.252 e. The lowest BCUT2D eigenvalue weighted by Gasteiger charge is -2.31. The van der Waals surface area contributed by atoms with Gasteiger partial charge in [-0.25, -0.2) is 4.99 Å². The zero-order valence-electron chi connectivity index (χ0n) is 25.3. The van der Waals surface area contributed by atoms with Crippen LogP contribution in [0, 0.1) is 0 Å². The third-order valence-corrected chi connectivity index (χ3v) is 8.50. The van der Waals surface area contributed by atoms with Gasteiger partial charge in [0.15, 0.2) is 23.1 Å². The van der Waals surface area contributed by atoms with Crippen LogP contribution in [0.1, 0.15) is 40.3 Å². The first-order valence-electron chi connectivity index (χ1n) is 15.1. The van der Waals surface area contributed by atoms with Crippen LogP contribution in [0.2, 0.25) is 0 Å². The highest BCUT2D eigenvalue weighted by Gasteiger charge is 2.53. The van der Waals surface area contributed by atoms with E-state index in [1.807, 2.05) is 91.0 Å². The van der Waals surface area contributed by atoms with Crippen molar-refractivity contribution in [2.75, 3.05) is 20.0 Å². The number of nitrogens with one attached hydrogen (secondary N) is 1. The molecule has 2 N–H and O–H groups in total. The van der Waals surface area contributed by atoms with E-state index < -0.39 is 11.6 Å². The standard InChI is InChI=1S/C35H32BrN5O6/c36-28-11-7-24(8-12-28)32-35(19-26-4-1-2-5-27(26)21-39-41-37,34(43)38-20-23-6-15-30-31(18-23)46-22-45-30)40-33(47-32)25-9-13-29(14-10-25)44-17-3-16-42/h1-2,4-15,18,32,42H,3,16-17,19-22H2,(H,38,43)/t32-,35-/m1/s1. The number of hydrogen-bond acceptors (Lipinski definition) is 8. The van der Waals surface area contributed by atoms with E-state index in [1.54, 1.807) is 0 Å². The lowest BCUT2D eigenvalue weighted by Crippen LogP contribution is -2.49. The monoisotopic (exact) mass is 697 g/mol. The minimum absolute atomic E-state index is 0.0466. The van der Waals surface area contributed by atoms with Crippen LogP contribution in [0.5, 0.6) is 17.2 Å². The van der Waals surface area contributed by atoms with E-state index in [0.29, 0.717) is 41.7 Å². The van der Waals surface area contributed by atoms with Gasteiger partial charge in [0, 0.05) is 40.9 Å². The minimum Gasteiger partial charge on any atom is -0.494 e. The zero-order valence-corrected chi connectivity index (χ0v) is 26.9. The van der Waals surface area contributed by atoms with Gasteiger partial charge in [-0.2, -0.15) is 0 Å². The Morgan fingerprint density at radius 2 is 1.81 bits per heavy atom. The number of aliphatic hydroxyl groups is 1. The molecule has 2 aliphatic rings. The summed E-state index contributed by atoms with van der Waals surface area (Å²) in [6.07, 6.45) is -0.100. The predicted molar refractivity (Wildman–Crippen MR) is 178 cm³/mol. The van der Waals surface area contributed by atoms with Crippen molar-refractivity contribution in [3.8, 4) is 17.2 Å². The predicted octanol–water partition coefficient (Wildman–Crippen LogP) is 6.57. The maximum absolute atomic E-state index is 14.6. The number of rotatable bonds is 13. The second-order valence-corrected chi connectivity index (χ2v) is 12.0. The van der Waals surface area contributed by atoms with Crippen molar-refractivity contribution in [3.63, 3.8) is 0 Å². The Bertz CT molecular complexity index is 1810. The maximum atomic E-state index is 14.6. The van der Waals surface area contributed by atoms with Gasteiger partial charge < -0.3 is 29.4 Å². The number of hydrogen-bond donors (Lipinski definition) is 2. The van der Waals surface area contributed by atoms with Gasteiger partial charge in [-0.1, -0.05) is 63.5 Å². The van der Waals surface area contributed by atoms with Crippen LogP contribution >= 0.6 is 15.9 Å². The molecule has 0 aromatic heterocycles. The fraction of sp³-hybridized carbons (Fsp3) is 0.257. The quantitative estimate of drug-likeness (QED) is 0.0699. The van der Waals surface area contributed by atoms with Gasteiger partial charge in [-0.15, -0.1) is 0 Å². The van der Waals surface area contributed by atoms with Crippen LogP contribution in [0.3, 0.4) is 0 Å². The molecule has 47 heavy (non-hydrogen) atoms. The molecule has 0 bridgehead atoms. The molecule has 4 aromatic rings. The van der Waals surface area contributed by atoms with Gasteiger partial charge in [0.05, 0.1) is 13.2 Å². The summed E-state index contributed by atoms with van der Waals surface area (Å²) in [6.45, 7) is 0.934. The van der Waals surface area contributed by atoms with E-state index in [2.05, 4.69) is 31.3 Å². The molecule has 2 aliphatic heterocycles. The Kier molecular flexibility index (Phi) is 9.92. The maximum Gasteiger partial charge on any atom is 0.252 e. The highest BCUT2D eigenvalue weighted by molar-refractivity contribution is 9.10. The summed E-state index contributed by atoms with van der Waals surface area (Å²) >= 11 is 3.52. The van der Waals surface area contributed by atoms with Crippen molar-refractivity contribution in [2.24, 2.45) is 10.1 Å². The second-order valence-electron chi connectivity index (χ2n) is 11.0. The summed E-state index contributed by atoms with van der Waals surface area (Å²) in [5.41, 5.74) is 11.5. The molecule has 0 spiro atoms. The normalized spacial score (nSPS) is 17.7. The highest BCUT2D eigenvalue weighted by Crippen LogP contribution is 2.43. The third-order valence-electron chi connectivity index (χ3n) is 7.98. The Hall–Kier alpha value is -5.03. The number of amides is 1. The van der Waals surface area contributed by atoms with E-state index >= 15 is 0 Å². The average Bonchev–Trinajstić information content (AvgIpc) is 3.73. The number of fused-ring (bicyclic) bond motifs is 1. The van der Waals surface area contributed by atoms with Crippen LogP contribution in [-0.2, 0) is 29.0 Å². The van der Waals surface area contributed by atoms with E-state index in [-0.39, 0.29) is 38.8 Å². The van der Waals surface area contributed by atoms with Gasteiger partial charge in [-0.05, 0) is 76.3 Å². The topological polar surface area (TPSA) is 147 Å². The fourth-order valence-corrected chi connectivity index (χ4v) is 5.85. The first kappa shape index (κ1) is 31.9. The molecule has 6 rings (SSSR count). The molecule has 2 heterocycles. The molecule has 11 nitrogen and oxygen atoms in total. The molecule has 0 saturated carbocycles. The van der Waals surface area contributed by atoms with E-state index in [1.165, 1.54) is 0 Å². The molecule has 12 heteroatoms. The molecule has 0 aliphatic carbocycles. The minimum atomic E-state index is -1.44. The van der Waals surface area contributed by atoms with Crippen LogP contribution in [0.15, 0.2) is 106 Å². The Labute approximate surface area is 279 Å². The van der Waals surface area contributed by atoms with Gasteiger partial charge in [0.1, 0.15) is 5.75 Å². The molecule has 0 unspecified atom stereocenters. The number of aliphatic hydroxyl groups excluding tert-OH is 1. The Morgan fingerprint density at radius 1 is 1.04 bits per heavy atom. The van der Waals surface area contributed by atoms with Gasteiger partial charge in [0.25, 0.3) is 5.91 Å². The van der Waals surface area contributed by atoms with E-state index in [4.69, 9.17) is 34.6 Å². The summed E-state index contributed by atoms with van der Waals surface area (Å²) in [6, 6.07) is 28.0. The third kappa shape index (κ3) is 7.20. The number of nitrogens with zero attached hydrogens (tertiary/aromatic N) is 4. The summed E-state index contributed by atoms with van der Waals surface area (Å²) in [7, 11) is 0. The molecule has 240 valence electrons. The molecule has 0 fully saturated rings. The highest BCUT2D eigenvalue weighted by atomic mass is 79.9. The van der Waals surface area contributed by atoms with E-state index in [0.717, 1.165) is 26.7 Å². The Balaban J connectivity index is 1.41. The summed E-state index contributed by atoms with van der Waals surface area (Å²) < 4.78 is 24.2. The van der Waals surface area contributed by atoms with Crippen molar-refractivity contribution in [3.05, 3.63) is 134 Å². The van der Waals surface area contributed by atoms with Crippen molar-refractivity contribution >= 4 is 27.7 Å². The lowest BCUT2D eigenvalue weighted by atomic mass is 9.81. The summed E-state index contributed by atoms with van der Waals surface area (Å²) in [4.78, 5) is 22.7. The largest absolute Gasteiger partial charge is 0.494 e. The van der Waals surface area contributed by atoms with Crippen LogP contribution < -0.4 is 19.5 Å². The first-order chi connectivity index (χ1) is 23.0. The van der Waals surface area contributed by atoms with E-state index in [9.17, 15) is 4.79 Å². The molecule has 0 saturated heterocycles. The molecular weight excluding hydrogens is 666 g/mol. The van der Waals surface area contributed by atoms with Gasteiger partial charge in [-0.3, -0.25) is 4.79 Å². The van der Waals surface area contributed by atoms with Gasteiger partial charge >= 0.3 is 0 Å². The number of ether oxygens (including phenoxy) is 4. The molecular formula is C35H32BrN5O6. The van der Waals surface area contributed by atoms with Gasteiger partial charge in [0.2, 0.25) is 12.7 Å². The second kappa shape index (κ2) is 14.6. The molecule has 4 aromatic carbocycles. The number of carbonyl (C=O) groups is 1. The SMILES string of the molecule is [N-]=[N+]=NCc1ccccc1C[C@@]1(C(=O)NCc2ccc3c(c2)OCO3)N=C(c2ccc(OCCCO)cc2)O[C@@H]1c1ccc(Br)cc1. The number of carbonyl (C=O) groups excluding carboxylic acids is 1. The average molecular weight is 699 g/mol. The first-order valence-corrected chi connectivity index (χ1v) is 15.9. The van der Waals surface area contributed by atoms with Crippen LogP contribution in [-0.4, -0.2) is 42.5 Å². The molecule has 0 radical (unpaired) electrons. The van der Waals surface area contributed by atoms with Crippen molar-refractivity contribution < 1.29 is 28.8 Å². The summed E-state index contributed by atoms with van der Waals surface area (Å²) in [5.74, 6) is 1.90. The molecule has 1 amide bonds.